The predicted molar refractivity (Wildman–Crippen MR) is 42.2 cm³/mol. The molecule has 0 aromatic heterocycles. The zero-order chi connectivity index (χ0) is 8.43. The van der Waals surface area contributed by atoms with E-state index in [9.17, 15) is 9.59 Å². The van der Waals surface area contributed by atoms with Crippen molar-refractivity contribution in [1.29, 1.82) is 0 Å². The lowest BCUT2D eigenvalue weighted by molar-refractivity contribution is -0.128. The SMILES string of the molecule is CC(=O)[C@@H]1CCC(=O)C[C@H]1C. The van der Waals surface area contributed by atoms with E-state index in [0.29, 0.717) is 18.6 Å². The molecule has 2 nitrogen and oxygen atoms in total. The van der Waals surface area contributed by atoms with Gasteiger partial charge in [-0.2, -0.15) is 0 Å². The molecule has 0 N–H and O–H groups in total. The molecule has 62 valence electrons. The minimum atomic E-state index is 0.146. The van der Waals surface area contributed by atoms with Gasteiger partial charge in [0.15, 0.2) is 0 Å². The van der Waals surface area contributed by atoms with Crippen LogP contribution in [-0.2, 0) is 9.59 Å². The average Bonchev–Trinajstić information content (AvgIpc) is 1.85. The molecule has 0 saturated heterocycles. The normalized spacial score (nSPS) is 32.0. The van der Waals surface area contributed by atoms with Crippen molar-refractivity contribution in [1.82, 2.24) is 0 Å². The van der Waals surface area contributed by atoms with Crippen LogP contribution in [0.25, 0.3) is 0 Å². The number of carbonyl (C=O) groups is 2. The fraction of sp³-hybridized carbons (Fsp3) is 0.778. The Kier molecular flexibility index (Phi) is 2.42. The summed E-state index contributed by atoms with van der Waals surface area (Å²) in [5.41, 5.74) is 0. The maximum atomic E-state index is 11.0. The maximum absolute atomic E-state index is 11.0. The summed E-state index contributed by atoms with van der Waals surface area (Å²) in [7, 11) is 0. The highest BCUT2D eigenvalue weighted by atomic mass is 16.1. The Morgan fingerprint density at radius 1 is 1.55 bits per heavy atom. The summed E-state index contributed by atoms with van der Waals surface area (Å²) in [5.74, 6) is 0.974. The van der Waals surface area contributed by atoms with Crippen LogP contribution in [-0.4, -0.2) is 11.6 Å². The molecule has 2 atom stereocenters. The van der Waals surface area contributed by atoms with Gasteiger partial charge in [0.1, 0.15) is 11.6 Å². The van der Waals surface area contributed by atoms with Gasteiger partial charge in [-0.05, 0) is 19.3 Å². The summed E-state index contributed by atoms with van der Waals surface area (Å²) in [6.45, 7) is 3.61. The van der Waals surface area contributed by atoms with Crippen molar-refractivity contribution in [3.05, 3.63) is 0 Å². The Morgan fingerprint density at radius 3 is 2.64 bits per heavy atom. The van der Waals surface area contributed by atoms with Gasteiger partial charge in [0, 0.05) is 18.8 Å². The van der Waals surface area contributed by atoms with Gasteiger partial charge in [-0.1, -0.05) is 6.92 Å². The third-order valence-electron chi connectivity index (χ3n) is 2.49. The topological polar surface area (TPSA) is 34.1 Å². The fourth-order valence-corrected chi connectivity index (χ4v) is 1.81. The first kappa shape index (κ1) is 8.44. The fourth-order valence-electron chi connectivity index (χ4n) is 1.81. The molecule has 1 rings (SSSR count). The average molecular weight is 154 g/mol. The second-order valence-corrected chi connectivity index (χ2v) is 3.48. The van der Waals surface area contributed by atoms with Crippen molar-refractivity contribution in [2.45, 2.75) is 33.1 Å². The molecule has 0 heterocycles. The zero-order valence-corrected chi connectivity index (χ0v) is 7.09. The Labute approximate surface area is 67.0 Å². The van der Waals surface area contributed by atoms with Gasteiger partial charge in [0.2, 0.25) is 0 Å². The highest BCUT2D eigenvalue weighted by Gasteiger charge is 2.28. The van der Waals surface area contributed by atoms with Crippen LogP contribution < -0.4 is 0 Å². The highest BCUT2D eigenvalue weighted by Crippen LogP contribution is 2.27. The van der Waals surface area contributed by atoms with Crippen LogP contribution in [0, 0.1) is 11.8 Å². The summed E-state index contributed by atoms with van der Waals surface area (Å²) < 4.78 is 0. The monoisotopic (exact) mass is 154 g/mol. The van der Waals surface area contributed by atoms with Gasteiger partial charge in [0.25, 0.3) is 0 Å². The molecule has 0 amide bonds. The van der Waals surface area contributed by atoms with Crippen molar-refractivity contribution in [3.63, 3.8) is 0 Å². The van der Waals surface area contributed by atoms with Gasteiger partial charge in [0.05, 0.1) is 0 Å². The van der Waals surface area contributed by atoms with E-state index in [1.807, 2.05) is 6.92 Å². The summed E-state index contributed by atoms with van der Waals surface area (Å²) in [6, 6.07) is 0. The van der Waals surface area contributed by atoms with Gasteiger partial charge in [-0.15, -0.1) is 0 Å². The largest absolute Gasteiger partial charge is 0.300 e. The van der Waals surface area contributed by atoms with E-state index < -0.39 is 0 Å². The Balaban J connectivity index is 2.57. The molecule has 0 aliphatic heterocycles. The summed E-state index contributed by atoms with van der Waals surface area (Å²) >= 11 is 0. The molecule has 0 radical (unpaired) electrons. The number of Topliss-reactive ketones (excluding diaryl/α,β-unsaturated/α-hetero) is 2. The van der Waals surface area contributed by atoms with Gasteiger partial charge < -0.3 is 0 Å². The number of hydrogen-bond acceptors (Lipinski definition) is 2. The van der Waals surface area contributed by atoms with E-state index in [-0.39, 0.29) is 17.6 Å². The van der Waals surface area contributed by atoms with Gasteiger partial charge >= 0.3 is 0 Å². The van der Waals surface area contributed by atoms with Crippen LogP contribution >= 0.6 is 0 Å². The molecular formula is C9H14O2. The van der Waals surface area contributed by atoms with Gasteiger partial charge in [-0.3, -0.25) is 9.59 Å². The van der Waals surface area contributed by atoms with Crippen molar-refractivity contribution < 1.29 is 9.59 Å². The summed E-state index contributed by atoms with van der Waals surface area (Å²) in [4.78, 5) is 21.9. The molecule has 0 unspecified atom stereocenters. The molecule has 2 heteroatoms. The molecule has 11 heavy (non-hydrogen) atoms. The molecule has 0 aromatic rings. The smallest absolute Gasteiger partial charge is 0.133 e. The highest BCUT2D eigenvalue weighted by molar-refractivity contribution is 5.84. The number of carbonyl (C=O) groups excluding carboxylic acids is 2. The molecular weight excluding hydrogens is 140 g/mol. The minimum Gasteiger partial charge on any atom is -0.300 e. The Morgan fingerprint density at radius 2 is 2.18 bits per heavy atom. The van der Waals surface area contributed by atoms with Crippen molar-refractivity contribution >= 4 is 11.6 Å². The summed E-state index contributed by atoms with van der Waals surface area (Å²) in [5, 5.41) is 0. The Hall–Kier alpha value is -0.660. The molecule has 1 fully saturated rings. The quantitative estimate of drug-likeness (QED) is 0.574. The van der Waals surface area contributed by atoms with Crippen LogP contribution in [0.3, 0.4) is 0 Å². The second-order valence-electron chi connectivity index (χ2n) is 3.48. The van der Waals surface area contributed by atoms with E-state index >= 15 is 0 Å². The zero-order valence-electron chi connectivity index (χ0n) is 7.09. The van der Waals surface area contributed by atoms with Crippen LogP contribution in [0.4, 0.5) is 0 Å². The van der Waals surface area contributed by atoms with E-state index in [1.165, 1.54) is 0 Å². The lowest BCUT2D eigenvalue weighted by atomic mass is 9.78. The first-order chi connectivity index (χ1) is 5.11. The van der Waals surface area contributed by atoms with Crippen LogP contribution in [0.15, 0.2) is 0 Å². The lowest BCUT2D eigenvalue weighted by Crippen LogP contribution is -2.27. The number of ketones is 2. The predicted octanol–water partition coefficient (Wildman–Crippen LogP) is 1.58. The van der Waals surface area contributed by atoms with E-state index in [4.69, 9.17) is 0 Å². The van der Waals surface area contributed by atoms with Gasteiger partial charge in [-0.25, -0.2) is 0 Å². The van der Waals surface area contributed by atoms with Crippen molar-refractivity contribution in [3.8, 4) is 0 Å². The molecule has 1 aliphatic carbocycles. The molecule has 0 bridgehead atoms. The van der Waals surface area contributed by atoms with E-state index in [1.54, 1.807) is 6.92 Å². The Bertz CT molecular complexity index is 184. The number of hydrogen-bond donors (Lipinski definition) is 0. The molecule has 1 aliphatic rings. The standard InChI is InChI=1S/C9H14O2/c1-6-5-8(11)3-4-9(6)7(2)10/h6,9H,3-5H2,1-2H3/t6-,9-/m1/s1. The molecule has 1 saturated carbocycles. The van der Waals surface area contributed by atoms with E-state index in [2.05, 4.69) is 0 Å². The molecule has 0 aromatic carbocycles. The first-order valence-corrected chi connectivity index (χ1v) is 4.13. The van der Waals surface area contributed by atoms with Crippen LogP contribution in [0.1, 0.15) is 33.1 Å². The molecule has 0 spiro atoms. The maximum Gasteiger partial charge on any atom is 0.133 e. The summed E-state index contributed by atoms with van der Waals surface area (Å²) in [6.07, 6.45) is 1.98. The van der Waals surface area contributed by atoms with Crippen LogP contribution in [0.2, 0.25) is 0 Å². The van der Waals surface area contributed by atoms with Crippen molar-refractivity contribution in [2.24, 2.45) is 11.8 Å². The third kappa shape index (κ3) is 1.88. The lowest BCUT2D eigenvalue weighted by Gasteiger charge is -2.25. The third-order valence-corrected chi connectivity index (χ3v) is 2.49. The van der Waals surface area contributed by atoms with E-state index in [0.717, 1.165) is 6.42 Å². The van der Waals surface area contributed by atoms with Crippen molar-refractivity contribution in [2.75, 3.05) is 0 Å². The minimum absolute atomic E-state index is 0.146. The van der Waals surface area contributed by atoms with Crippen LogP contribution in [0.5, 0.6) is 0 Å². The number of rotatable bonds is 1. The second kappa shape index (κ2) is 3.16. The first-order valence-electron chi connectivity index (χ1n) is 4.13.